The molecule has 2 aromatic rings. The van der Waals surface area contributed by atoms with Gasteiger partial charge >= 0.3 is 0 Å². The Morgan fingerprint density at radius 3 is 2.48 bits per heavy atom. The summed E-state index contributed by atoms with van der Waals surface area (Å²) in [5.74, 6) is 0.191. The van der Waals surface area contributed by atoms with Gasteiger partial charge in [0.25, 0.3) is 0 Å². The van der Waals surface area contributed by atoms with E-state index in [1.54, 1.807) is 0 Å². The molecule has 0 aromatic heterocycles. The van der Waals surface area contributed by atoms with Crippen LogP contribution in [0.5, 0.6) is 0 Å². The van der Waals surface area contributed by atoms with Crippen LogP contribution >= 0.6 is 0 Å². The summed E-state index contributed by atoms with van der Waals surface area (Å²) in [6.07, 6.45) is 2.46. The van der Waals surface area contributed by atoms with Crippen LogP contribution in [0.1, 0.15) is 30.5 Å². The third-order valence-corrected chi connectivity index (χ3v) is 4.26. The molecule has 21 heavy (non-hydrogen) atoms. The van der Waals surface area contributed by atoms with E-state index in [1.165, 1.54) is 11.1 Å². The number of nitrogens with zero attached hydrogens (tertiary/aromatic N) is 1. The first-order chi connectivity index (χ1) is 10.2. The van der Waals surface area contributed by atoms with Crippen molar-refractivity contribution >= 4 is 11.6 Å². The van der Waals surface area contributed by atoms with Crippen LogP contribution in [0.3, 0.4) is 0 Å². The maximum absolute atomic E-state index is 12.7. The van der Waals surface area contributed by atoms with Gasteiger partial charge in [0, 0.05) is 11.7 Å². The molecular formula is C19H21NO. The molecule has 2 heteroatoms. The van der Waals surface area contributed by atoms with Crippen LogP contribution in [-0.2, 0) is 24.1 Å². The summed E-state index contributed by atoms with van der Waals surface area (Å²) in [6, 6.07) is 16.9. The van der Waals surface area contributed by atoms with Crippen LogP contribution in [0, 0.1) is 0 Å². The zero-order chi connectivity index (χ0) is 14.8. The molecule has 2 aromatic carbocycles. The van der Waals surface area contributed by atoms with Crippen LogP contribution in [0.2, 0.25) is 0 Å². The highest BCUT2D eigenvalue weighted by Crippen LogP contribution is 2.32. The number of amides is 1. The van der Waals surface area contributed by atoms with E-state index >= 15 is 0 Å². The van der Waals surface area contributed by atoms with Gasteiger partial charge in [-0.05, 0) is 42.5 Å². The Bertz CT molecular complexity index is 645. The Morgan fingerprint density at radius 2 is 1.76 bits per heavy atom. The lowest BCUT2D eigenvalue weighted by atomic mass is 10.1. The summed E-state index contributed by atoms with van der Waals surface area (Å²) in [4.78, 5) is 14.6. The molecule has 0 fully saturated rings. The molecular weight excluding hydrogens is 258 g/mol. The summed E-state index contributed by atoms with van der Waals surface area (Å²) in [5.41, 5.74) is 4.76. The topological polar surface area (TPSA) is 20.3 Å². The molecule has 0 radical (unpaired) electrons. The third-order valence-electron chi connectivity index (χ3n) is 4.26. The minimum Gasteiger partial charge on any atom is -0.309 e. The maximum Gasteiger partial charge on any atom is 0.231 e. The van der Waals surface area contributed by atoms with E-state index in [1.807, 2.05) is 17.0 Å². The normalized spacial score (nSPS) is 16.9. The maximum atomic E-state index is 12.7. The number of anilines is 1. The zero-order valence-electron chi connectivity index (χ0n) is 12.7. The summed E-state index contributed by atoms with van der Waals surface area (Å²) >= 11 is 0. The van der Waals surface area contributed by atoms with Gasteiger partial charge in [-0.2, -0.15) is 0 Å². The molecule has 2 nitrogen and oxygen atoms in total. The van der Waals surface area contributed by atoms with E-state index in [9.17, 15) is 4.79 Å². The molecule has 1 atom stereocenters. The molecule has 0 saturated heterocycles. The number of carbonyl (C=O) groups is 1. The standard InChI is InChI=1S/C19H21NO/c1-3-15-8-10-16(11-9-15)13-19(21)20-14(2)12-17-6-4-5-7-18(17)20/h4-11,14H,3,12-13H2,1-2H3/t14-/m1/s1. The van der Waals surface area contributed by atoms with Crippen LogP contribution < -0.4 is 4.90 Å². The van der Waals surface area contributed by atoms with Gasteiger partial charge in [0.05, 0.1) is 6.42 Å². The smallest absolute Gasteiger partial charge is 0.231 e. The molecule has 1 heterocycles. The fourth-order valence-corrected chi connectivity index (χ4v) is 3.10. The molecule has 0 bridgehead atoms. The SMILES string of the molecule is CCc1ccc(CC(=O)N2c3ccccc3C[C@H]2C)cc1. The highest BCUT2D eigenvalue weighted by molar-refractivity contribution is 5.97. The first kappa shape index (κ1) is 13.9. The predicted octanol–water partition coefficient (Wildman–Crippen LogP) is 3.77. The van der Waals surface area contributed by atoms with E-state index in [4.69, 9.17) is 0 Å². The van der Waals surface area contributed by atoms with Gasteiger partial charge in [0.2, 0.25) is 5.91 Å². The lowest BCUT2D eigenvalue weighted by Crippen LogP contribution is -2.36. The molecule has 0 aliphatic carbocycles. The second-order valence-electron chi connectivity index (χ2n) is 5.79. The summed E-state index contributed by atoms with van der Waals surface area (Å²) in [7, 11) is 0. The highest BCUT2D eigenvalue weighted by Gasteiger charge is 2.30. The van der Waals surface area contributed by atoms with E-state index in [0.717, 1.165) is 24.1 Å². The average molecular weight is 279 g/mol. The summed E-state index contributed by atoms with van der Waals surface area (Å²) in [5, 5.41) is 0. The van der Waals surface area contributed by atoms with Gasteiger partial charge in [0.1, 0.15) is 0 Å². The van der Waals surface area contributed by atoms with Crippen LogP contribution in [-0.4, -0.2) is 11.9 Å². The first-order valence-corrected chi connectivity index (χ1v) is 7.67. The molecule has 0 saturated carbocycles. The van der Waals surface area contributed by atoms with Crippen molar-refractivity contribution in [2.24, 2.45) is 0 Å². The third kappa shape index (κ3) is 2.71. The minimum atomic E-state index is 0.191. The number of carbonyl (C=O) groups excluding carboxylic acids is 1. The van der Waals surface area contributed by atoms with Crippen molar-refractivity contribution in [2.45, 2.75) is 39.2 Å². The molecule has 0 unspecified atom stereocenters. The largest absolute Gasteiger partial charge is 0.309 e. The van der Waals surface area contributed by atoms with Crippen molar-refractivity contribution in [1.82, 2.24) is 0 Å². The molecule has 0 spiro atoms. The van der Waals surface area contributed by atoms with Gasteiger partial charge in [0.15, 0.2) is 0 Å². The van der Waals surface area contributed by atoms with E-state index in [-0.39, 0.29) is 11.9 Å². The Kier molecular flexibility index (Phi) is 3.78. The molecule has 108 valence electrons. The highest BCUT2D eigenvalue weighted by atomic mass is 16.2. The first-order valence-electron chi connectivity index (χ1n) is 7.67. The molecule has 1 aliphatic heterocycles. The second-order valence-corrected chi connectivity index (χ2v) is 5.79. The monoisotopic (exact) mass is 279 g/mol. The number of hydrogen-bond acceptors (Lipinski definition) is 1. The van der Waals surface area contributed by atoms with Gasteiger partial charge in [-0.25, -0.2) is 0 Å². The predicted molar refractivity (Wildman–Crippen MR) is 86.6 cm³/mol. The van der Waals surface area contributed by atoms with Crippen LogP contribution in [0.25, 0.3) is 0 Å². The Balaban J connectivity index is 1.79. The number of rotatable bonds is 3. The van der Waals surface area contributed by atoms with Gasteiger partial charge in [-0.15, -0.1) is 0 Å². The Hall–Kier alpha value is -2.09. The molecule has 3 rings (SSSR count). The Morgan fingerprint density at radius 1 is 1.10 bits per heavy atom. The van der Waals surface area contributed by atoms with Crippen molar-refractivity contribution in [3.05, 3.63) is 65.2 Å². The van der Waals surface area contributed by atoms with Crippen molar-refractivity contribution in [3.63, 3.8) is 0 Å². The second kappa shape index (κ2) is 5.72. The van der Waals surface area contributed by atoms with E-state index in [2.05, 4.69) is 50.2 Å². The summed E-state index contributed by atoms with van der Waals surface area (Å²) < 4.78 is 0. The van der Waals surface area contributed by atoms with Gasteiger partial charge in [-0.3, -0.25) is 4.79 Å². The quantitative estimate of drug-likeness (QED) is 0.837. The number of aryl methyl sites for hydroxylation is 1. The number of para-hydroxylation sites is 1. The van der Waals surface area contributed by atoms with Crippen molar-refractivity contribution < 1.29 is 4.79 Å². The van der Waals surface area contributed by atoms with E-state index in [0.29, 0.717) is 6.42 Å². The molecule has 0 N–H and O–H groups in total. The number of fused-ring (bicyclic) bond motifs is 1. The van der Waals surface area contributed by atoms with Gasteiger partial charge < -0.3 is 4.90 Å². The fourth-order valence-electron chi connectivity index (χ4n) is 3.10. The fraction of sp³-hybridized carbons (Fsp3) is 0.316. The Labute approximate surface area is 126 Å². The van der Waals surface area contributed by atoms with Crippen LogP contribution in [0.15, 0.2) is 48.5 Å². The van der Waals surface area contributed by atoms with Crippen molar-refractivity contribution in [2.75, 3.05) is 4.90 Å². The minimum absolute atomic E-state index is 0.191. The number of hydrogen-bond donors (Lipinski definition) is 0. The molecule has 1 aliphatic rings. The summed E-state index contributed by atoms with van der Waals surface area (Å²) in [6.45, 7) is 4.26. The van der Waals surface area contributed by atoms with E-state index < -0.39 is 0 Å². The van der Waals surface area contributed by atoms with Crippen molar-refractivity contribution in [3.8, 4) is 0 Å². The molecule has 1 amide bonds. The lowest BCUT2D eigenvalue weighted by Gasteiger charge is -2.22. The van der Waals surface area contributed by atoms with Gasteiger partial charge in [-0.1, -0.05) is 49.4 Å². The van der Waals surface area contributed by atoms with Crippen LogP contribution in [0.4, 0.5) is 5.69 Å². The zero-order valence-corrected chi connectivity index (χ0v) is 12.7. The lowest BCUT2D eigenvalue weighted by molar-refractivity contribution is -0.118. The number of benzene rings is 2. The van der Waals surface area contributed by atoms with Crippen molar-refractivity contribution in [1.29, 1.82) is 0 Å². The average Bonchev–Trinajstić information content (AvgIpc) is 2.83.